The van der Waals surface area contributed by atoms with E-state index in [0.717, 1.165) is 16.0 Å². The van der Waals surface area contributed by atoms with Crippen molar-refractivity contribution in [2.24, 2.45) is 0 Å². The van der Waals surface area contributed by atoms with Gasteiger partial charge in [0.05, 0.1) is 24.8 Å². The van der Waals surface area contributed by atoms with Crippen molar-refractivity contribution in [2.75, 3.05) is 30.8 Å². The third-order valence-electron chi connectivity index (χ3n) is 7.29. The topological polar surface area (TPSA) is 86.0 Å². The van der Waals surface area contributed by atoms with Crippen molar-refractivity contribution in [1.82, 2.24) is 24.8 Å². The molecule has 0 bridgehead atoms. The molecule has 2 N–H and O–H groups in total. The number of likely N-dealkylation sites (tertiary alicyclic amines) is 1. The lowest BCUT2D eigenvalue weighted by molar-refractivity contribution is 0.0789. The lowest BCUT2D eigenvalue weighted by Gasteiger charge is -2.39. The Bertz CT molecular complexity index is 1530. The van der Waals surface area contributed by atoms with E-state index in [0.29, 0.717) is 36.8 Å². The van der Waals surface area contributed by atoms with Crippen LogP contribution >= 0.6 is 11.8 Å². The predicted molar refractivity (Wildman–Crippen MR) is 145 cm³/mol. The molecule has 2 aromatic carbocycles. The Morgan fingerprint density at radius 3 is 2.79 bits per heavy atom. The van der Waals surface area contributed by atoms with E-state index in [1.54, 1.807) is 30.3 Å². The number of phenolic OH excluding ortho intramolecular Hbond substituents is 1. The molecule has 6 rings (SSSR count). The molecule has 0 radical (unpaired) electrons. The number of imidazole rings is 1. The lowest BCUT2D eigenvalue weighted by Crippen LogP contribution is -2.58. The van der Waals surface area contributed by atoms with E-state index in [4.69, 9.17) is 0 Å². The summed E-state index contributed by atoms with van der Waals surface area (Å²) in [6.07, 6.45) is 2.55. The molecule has 2 aliphatic rings. The van der Waals surface area contributed by atoms with Crippen LogP contribution in [0.3, 0.4) is 0 Å². The number of hydrogen-bond donors (Lipinski definition) is 2. The van der Waals surface area contributed by atoms with E-state index < -0.39 is 6.17 Å². The summed E-state index contributed by atoms with van der Waals surface area (Å²) in [6, 6.07) is 14.9. The number of carbonyl (C=O) groups excluding carboxylic acids is 1. The number of amides is 1. The van der Waals surface area contributed by atoms with Crippen molar-refractivity contribution in [3.63, 3.8) is 0 Å². The molecule has 2 atom stereocenters. The number of fused-ring (bicyclic) bond motifs is 1. The highest BCUT2D eigenvalue weighted by molar-refractivity contribution is 7.98. The average Bonchev–Trinajstić information content (AvgIpc) is 3.50. The number of anilines is 1. The summed E-state index contributed by atoms with van der Waals surface area (Å²) < 4.78 is 30.3. The fourth-order valence-electron chi connectivity index (χ4n) is 5.43. The second kappa shape index (κ2) is 10.5. The summed E-state index contributed by atoms with van der Waals surface area (Å²) in [5.41, 5.74) is 2.54. The Labute approximate surface area is 228 Å². The first-order chi connectivity index (χ1) is 18.9. The Hall–Kier alpha value is -3.70. The minimum Gasteiger partial charge on any atom is -0.508 e. The first-order valence-electron chi connectivity index (χ1n) is 12.8. The molecule has 202 valence electrons. The van der Waals surface area contributed by atoms with Gasteiger partial charge < -0.3 is 15.3 Å². The van der Waals surface area contributed by atoms with E-state index in [2.05, 4.69) is 20.3 Å². The number of halogens is 2. The van der Waals surface area contributed by atoms with Gasteiger partial charge in [-0.05, 0) is 59.8 Å². The van der Waals surface area contributed by atoms with Crippen LogP contribution in [0, 0.1) is 5.82 Å². The van der Waals surface area contributed by atoms with Crippen molar-refractivity contribution in [3.8, 4) is 5.75 Å². The highest BCUT2D eigenvalue weighted by Gasteiger charge is 2.36. The van der Waals surface area contributed by atoms with Gasteiger partial charge in [0.1, 0.15) is 23.6 Å². The number of hydrogen-bond acceptors (Lipinski definition) is 7. The van der Waals surface area contributed by atoms with Gasteiger partial charge in [-0.15, -0.1) is 16.9 Å². The molecular formula is C28H28F2N6O2S. The first kappa shape index (κ1) is 25.6. The molecule has 0 saturated carbocycles. The number of aromatic hydroxyl groups is 1. The van der Waals surface area contributed by atoms with Gasteiger partial charge in [-0.3, -0.25) is 9.69 Å². The molecule has 1 amide bonds. The van der Waals surface area contributed by atoms with E-state index >= 15 is 0 Å². The Balaban J connectivity index is 1.18. The van der Waals surface area contributed by atoms with Crippen LogP contribution in [0.2, 0.25) is 0 Å². The van der Waals surface area contributed by atoms with Crippen molar-refractivity contribution >= 4 is 29.1 Å². The number of benzene rings is 2. The maximum atomic E-state index is 14.7. The van der Waals surface area contributed by atoms with Gasteiger partial charge in [0.15, 0.2) is 11.3 Å². The average molecular weight is 551 g/mol. The summed E-state index contributed by atoms with van der Waals surface area (Å²) in [5.74, 6) is 0.0843. The molecule has 4 heterocycles. The van der Waals surface area contributed by atoms with Crippen molar-refractivity contribution in [3.05, 3.63) is 83.4 Å². The number of carbonyl (C=O) groups is 1. The smallest absolute Gasteiger partial charge is 0.271 e. The zero-order valence-corrected chi connectivity index (χ0v) is 22.1. The van der Waals surface area contributed by atoms with Crippen LogP contribution in [-0.4, -0.2) is 68.6 Å². The highest BCUT2D eigenvalue weighted by atomic mass is 32.2. The SMILES string of the molecule is CSc1ccc(F)cc1C1CC(F)CN1c1ccc2ncc(C(=O)NC3CN(Cc4cccc(O)c4)C3)n2n1. The minimum absolute atomic E-state index is 0.0169. The monoisotopic (exact) mass is 550 g/mol. The molecule has 2 unspecified atom stereocenters. The molecule has 39 heavy (non-hydrogen) atoms. The number of phenols is 1. The standard InChI is InChI=1S/C28H28F2N6O2S/c1-39-25-6-5-18(29)10-22(25)23-11-19(30)14-35(23)27-8-7-26-31-12-24(36(26)33-27)28(38)32-20-15-34(16-20)13-17-3-2-4-21(37)9-17/h2-10,12,19-20,23,37H,11,13-16H2,1H3,(H,32,38). The maximum Gasteiger partial charge on any atom is 0.271 e. The lowest BCUT2D eigenvalue weighted by atomic mass is 10.0. The number of rotatable bonds is 7. The summed E-state index contributed by atoms with van der Waals surface area (Å²) in [4.78, 5) is 22.4. The van der Waals surface area contributed by atoms with Gasteiger partial charge in [-0.2, -0.15) is 0 Å². The molecular weight excluding hydrogens is 522 g/mol. The maximum absolute atomic E-state index is 14.7. The minimum atomic E-state index is -1.09. The largest absolute Gasteiger partial charge is 0.508 e. The molecule has 2 aliphatic heterocycles. The fourth-order valence-corrected chi connectivity index (χ4v) is 6.07. The van der Waals surface area contributed by atoms with Crippen LogP contribution in [0.15, 0.2) is 65.7 Å². The van der Waals surface area contributed by atoms with Crippen LogP contribution in [0.5, 0.6) is 5.75 Å². The van der Waals surface area contributed by atoms with Gasteiger partial charge in [0.2, 0.25) is 0 Å². The molecule has 0 spiro atoms. The van der Waals surface area contributed by atoms with Crippen molar-refractivity contribution in [1.29, 1.82) is 0 Å². The van der Waals surface area contributed by atoms with E-state index in [9.17, 15) is 18.7 Å². The van der Waals surface area contributed by atoms with Crippen LogP contribution in [0.4, 0.5) is 14.6 Å². The normalized spacial score (nSPS) is 19.9. The summed E-state index contributed by atoms with van der Waals surface area (Å²) in [7, 11) is 0. The van der Waals surface area contributed by atoms with Crippen molar-refractivity contribution in [2.45, 2.75) is 36.1 Å². The second-order valence-electron chi connectivity index (χ2n) is 10.0. The number of thioether (sulfide) groups is 1. The van der Waals surface area contributed by atoms with Crippen LogP contribution in [0.25, 0.3) is 5.65 Å². The number of alkyl halides is 1. The van der Waals surface area contributed by atoms with Crippen LogP contribution < -0.4 is 10.2 Å². The summed E-state index contributed by atoms with van der Waals surface area (Å²) in [6.45, 7) is 2.20. The molecule has 8 nitrogen and oxygen atoms in total. The van der Waals surface area contributed by atoms with E-state index in [-0.39, 0.29) is 42.5 Å². The van der Waals surface area contributed by atoms with Gasteiger partial charge in [0.25, 0.3) is 5.91 Å². The van der Waals surface area contributed by atoms with Crippen molar-refractivity contribution < 1.29 is 18.7 Å². The third-order valence-corrected chi connectivity index (χ3v) is 8.10. The van der Waals surface area contributed by atoms with E-state index in [1.807, 2.05) is 23.3 Å². The number of nitrogens with one attached hydrogen (secondary N) is 1. The first-order valence-corrected chi connectivity index (χ1v) is 14.0. The van der Waals surface area contributed by atoms with Gasteiger partial charge >= 0.3 is 0 Å². The molecule has 2 fully saturated rings. The fraction of sp³-hybridized carbons (Fsp3) is 0.321. The molecule has 0 aliphatic carbocycles. The summed E-state index contributed by atoms with van der Waals surface area (Å²) in [5, 5.41) is 17.4. The molecule has 4 aromatic rings. The molecule has 2 saturated heterocycles. The summed E-state index contributed by atoms with van der Waals surface area (Å²) >= 11 is 1.50. The molecule has 11 heteroatoms. The second-order valence-corrected chi connectivity index (χ2v) is 10.9. The van der Waals surface area contributed by atoms with E-state index in [1.165, 1.54) is 34.6 Å². The number of aromatic nitrogens is 3. The van der Waals surface area contributed by atoms with Crippen LogP contribution in [0.1, 0.15) is 34.1 Å². The number of nitrogens with zero attached hydrogens (tertiary/aromatic N) is 5. The van der Waals surface area contributed by atoms with Gasteiger partial charge in [-0.25, -0.2) is 18.3 Å². The zero-order valence-electron chi connectivity index (χ0n) is 21.3. The quantitative estimate of drug-likeness (QED) is 0.334. The predicted octanol–water partition coefficient (Wildman–Crippen LogP) is 4.20. The van der Waals surface area contributed by atoms with Gasteiger partial charge in [-0.1, -0.05) is 12.1 Å². The highest BCUT2D eigenvalue weighted by Crippen LogP contribution is 2.40. The zero-order chi connectivity index (χ0) is 27.1. The third kappa shape index (κ3) is 5.16. The Morgan fingerprint density at radius 2 is 2.00 bits per heavy atom. The Kier molecular flexibility index (Phi) is 6.86. The van der Waals surface area contributed by atoms with Crippen LogP contribution in [-0.2, 0) is 6.54 Å². The Morgan fingerprint density at radius 1 is 1.15 bits per heavy atom. The molecule has 2 aromatic heterocycles. The van der Waals surface area contributed by atoms with Gasteiger partial charge in [0, 0.05) is 31.0 Å².